The molecule has 0 heterocycles. The van der Waals surface area contributed by atoms with Crippen molar-refractivity contribution in [3.63, 3.8) is 0 Å². The third kappa shape index (κ3) is 4.23. The summed E-state index contributed by atoms with van der Waals surface area (Å²) in [6.07, 6.45) is -6.42. The van der Waals surface area contributed by atoms with E-state index in [1.54, 1.807) is 0 Å². The number of halogens is 7. The van der Waals surface area contributed by atoms with E-state index in [2.05, 4.69) is 5.32 Å². The number of nitro groups is 2. The number of nitrogens with zero attached hydrogens (tertiary/aromatic N) is 2. The summed E-state index contributed by atoms with van der Waals surface area (Å²) >= 11 is 23.2. The first-order valence-electron chi connectivity index (χ1n) is 6.69. The molecule has 0 saturated carbocycles. The van der Waals surface area contributed by atoms with Crippen molar-refractivity contribution in [1.29, 1.82) is 0 Å². The van der Waals surface area contributed by atoms with Crippen LogP contribution in [0.3, 0.4) is 0 Å². The summed E-state index contributed by atoms with van der Waals surface area (Å²) in [5, 5.41) is 24.7. The first-order valence-corrected chi connectivity index (χ1v) is 8.20. The molecule has 1 atom stereocenters. The van der Waals surface area contributed by atoms with E-state index in [1.807, 2.05) is 0 Å². The summed E-state index contributed by atoms with van der Waals surface area (Å²) in [5.74, 6) is 0. The van der Waals surface area contributed by atoms with Gasteiger partial charge in [-0.25, -0.2) is 0 Å². The number of nitrogens with one attached hydrogen (secondary N) is 1. The molecule has 0 fully saturated rings. The zero-order chi connectivity index (χ0) is 20.7. The van der Waals surface area contributed by atoms with Crippen molar-refractivity contribution in [2.75, 3.05) is 5.32 Å². The number of anilines is 1. The van der Waals surface area contributed by atoms with Crippen LogP contribution in [-0.2, 0) is 0 Å². The molecule has 0 saturated heterocycles. The van der Waals surface area contributed by atoms with Crippen LogP contribution in [0, 0.1) is 20.2 Å². The summed E-state index contributed by atoms with van der Waals surface area (Å²) < 4.78 is 39.5. The lowest BCUT2D eigenvalue weighted by atomic mass is 9.93. The summed E-state index contributed by atoms with van der Waals surface area (Å²) in [5.41, 5.74) is -3.65. The third-order valence-electron chi connectivity index (χ3n) is 3.49. The highest BCUT2D eigenvalue weighted by atomic mass is 35.5. The zero-order valence-corrected chi connectivity index (χ0v) is 15.6. The molecule has 14 heteroatoms. The van der Waals surface area contributed by atoms with Gasteiger partial charge in [0, 0.05) is 16.0 Å². The molecule has 1 aliphatic carbocycles. The molecule has 0 spiro atoms. The third-order valence-corrected chi connectivity index (χ3v) is 4.78. The fourth-order valence-electron chi connectivity index (χ4n) is 2.30. The van der Waals surface area contributed by atoms with Gasteiger partial charge in [0.2, 0.25) is 0 Å². The van der Waals surface area contributed by atoms with Crippen LogP contribution in [0.2, 0.25) is 15.1 Å². The second-order valence-corrected chi connectivity index (χ2v) is 7.12. The summed E-state index contributed by atoms with van der Waals surface area (Å²) in [4.78, 5) is 16.8. The largest absolute Gasteiger partial charge is 0.421 e. The Labute approximate surface area is 168 Å². The standard InChI is InChI=1S/C13H6Cl4F3N3O4/c14-5-1-6(15)11(7(16)2-5)21-8-4-12(17,23(26)27)10(13(18,19)20)3-9(8)22(24)25/h1-3,21H,4H2. The van der Waals surface area contributed by atoms with Crippen molar-refractivity contribution >= 4 is 52.1 Å². The van der Waals surface area contributed by atoms with Crippen molar-refractivity contribution in [2.24, 2.45) is 0 Å². The lowest BCUT2D eigenvalue weighted by molar-refractivity contribution is -0.535. The van der Waals surface area contributed by atoms with Gasteiger partial charge in [-0.2, -0.15) is 13.2 Å². The van der Waals surface area contributed by atoms with Gasteiger partial charge in [0.25, 0.3) is 5.70 Å². The maximum Gasteiger partial charge on any atom is 0.421 e. The van der Waals surface area contributed by atoms with Crippen LogP contribution in [0.5, 0.6) is 0 Å². The van der Waals surface area contributed by atoms with Gasteiger partial charge in [0.15, 0.2) is 0 Å². The minimum Gasteiger partial charge on any atom is -0.351 e. The van der Waals surface area contributed by atoms with Gasteiger partial charge >= 0.3 is 11.2 Å². The maximum atomic E-state index is 13.2. The van der Waals surface area contributed by atoms with E-state index in [1.165, 1.54) is 12.1 Å². The average Bonchev–Trinajstić information content (AvgIpc) is 2.49. The molecule has 1 unspecified atom stereocenters. The molecule has 2 rings (SSSR count). The summed E-state index contributed by atoms with van der Waals surface area (Å²) in [6, 6.07) is 2.43. The molecular formula is C13H6Cl4F3N3O4. The Bertz CT molecular complexity index is 880. The molecule has 0 radical (unpaired) electrons. The Hall–Kier alpha value is -1.75. The van der Waals surface area contributed by atoms with Crippen molar-refractivity contribution in [2.45, 2.75) is 17.6 Å². The van der Waals surface area contributed by atoms with Crippen LogP contribution in [-0.4, -0.2) is 21.0 Å². The van der Waals surface area contributed by atoms with Crippen LogP contribution in [0.4, 0.5) is 18.9 Å². The molecule has 146 valence electrons. The minimum atomic E-state index is -5.27. The molecule has 0 bridgehead atoms. The Balaban J connectivity index is 2.67. The fourth-order valence-corrected chi connectivity index (χ4v) is 3.51. The zero-order valence-electron chi connectivity index (χ0n) is 12.6. The van der Waals surface area contributed by atoms with Gasteiger partial charge < -0.3 is 5.32 Å². The Kier molecular flexibility index (Phi) is 5.86. The van der Waals surface area contributed by atoms with Crippen LogP contribution >= 0.6 is 46.4 Å². The minimum absolute atomic E-state index is 0.0133. The van der Waals surface area contributed by atoms with Crippen molar-refractivity contribution in [1.82, 2.24) is 0 Å². The fraction of sp³-hybridized carbons (Fsp3) is 0.231. The highest BCUT2D eigenvalue weighted by molar-refractivity contribution is 6.41. The number of rotatable bonds is 4. The normalized spacial score (nSPS) is 20.3. The lowest BCUT2D eigenvalue weighted by Gasteiger charge is -2.27. The Morgan fingerprint density at radius 2 is 1.63 bits per heavy atom. The SMILES string of the molecule is O=[N+]([O-])C1=C(Nc2c(Cl)cc(Cl)cc2Cl)CC(Cl)([N+](=O)[O-])C(C(F)(F)F)=C1. The summed E-state index contributed by atoms with van der Waals surface area (Å²) in [6.45, 7) is 0. The van der Waals surface area contributed by atoms with Crippen LogP contribution in [0.25, 0.3) is 0 Å². The molecule has 0 aromatic heterocycles. The number of allylic oxidation sites excluding steroid dienone is 1. The van der Waals surface area contributed by atoms with Crippen molar-refractivity contribution in [3.05, 3.63) is 70.5 Å². The van der Waals surface area contributed by atoms with Gasteiger partial charge in [-0.05, 0) is 23.7 Å². The maximum absolute atomic E-state index is 13.2. The van der Waals surface area contributed by atoms with Crippen LogP contribution < -0.4 is 5.32 Å². The van der Waals surface area contributed by atoms with Crippen LogP contribution in [0.15, 0.2) is 35.2 Å². The predicted molar refractivity (Wildman–Crippen MR) is 93.4 cm³/mol. The van der Waals surface area contributed by atoms with Gasteiger partial charge in [-0.15, -0.1) is 0 Å². The number of hydrogen-bond acceptors (Lipinski definition) is 5. The predicted octanol–water partition coefficient (Wildman–Crippen LogP) is 5.65. The second-order valence-electron chi connectivity index (χ2n) is 5.24. The quantitative estimate of drug-likeness (QED) is 0.267. The number of benzene rings is 1. The lowest BCUT2D eigenvalue weighted by Crippen LogP contribution is -2.43. The van der Waals surface area contributed by atoms with Crippen molar-refractivity contribution < 1.29 is 23.0 Å². The molecule has 1 aromatic carbocycles. The van der Waals surface area contributed by atoms with E-state index in [4.69, 9.17) is 46.4 Å². The molecular weight excluding hydrogens is 461 g/mol. The molecule has 27 heavy (non-hydrogen) atoms. The second kappa shape index (κ2) is 7.34. The molecule has 7 nitrogen and oxygen atoms in total. The molecule has 1 aliphatic rings. The molecule has 1 N–H and O–H groups in total. The highest BCUT2D eigenvalue weighted by Gasteiger charge is 2.60. The molecule has 1 aromatic rings. The van der Waals surface area contributed by atoms with Gasteiger partial charge in [0.05, 0.1) is 27.1 Å². The number of hydrogen-bond donors (Lipinski definition) is 1. The van der Waals surface area contributed by atoms with E-state index < -0.39 is 44.4 Å². The molecule has 0 amide bonds. The summed E-state index contributed by atoms with van der Waals surface area (Å²) in [7, 11) is 0. The van der Waals surface area contributed by atoms with E-state index in [-0.39, 0.29) is 26.8 Å². The van der Waals surface area contributed by atoms with Gasteiger partial charge in [-0.1, -0.05) is 34.8 Å². The number of alkyl halides is 4. The smallest absolute Gasteiger partial charge is 0.351 e. The van der Waals surface area contributed by atoms with Crippen LogP contribution in [0.1, 0.15) is 6.42 Å². The Morgan fingerprint density at radius 3 is 2.04 bits per heavy atom. The topological polar surface area (TPSA) is 98.3 Å². The van der Waals surface area contributed by atoms with Crippen molar-refractivity contribution in [3.8, 4) is 0 Å². The monoisotopic (exact) mass is 465 g/mol. The van der Waals surface area contributed by atoms with E-state index in [9.17, 15) is 33.4 Å². The first kappa shape index (κ1) is 21.5. The van der Waals surface area contributed by atoms with Gasteiger partial charge in [-0.3, -0.25) is 20.2 Å². The van der Waals surface area contributed by atoms with Gasteiger partial charge in [0.1, 0.15) is 11.3 Å². The first-order chi connectivity index (χ1) is 12.3. The van der Waals surface area contributed by atoms with E-state index in [0.29, 0.717) is 0 Å². The highest BCUT2D eigenvalue weighted by Crippen LogP contribution is 2.47. The average molecular weight is 467 g/mol. The molecule has 0 aliphatic heterocycles. The van der Waals surface area contributed by atoms with E-state index in [0.717, 1.165) is 0 Å². The van der Waals surface area contributed by atoms with E-state index >= 15 is 0 Å². The Morgan fingerprint density at radius 1 is 1.11 bits per heavy atom.